The van der Waals surface area contributed by atoms with E-state index in [2.05, 4.69) is 21.2 Å². The summed E-state index contributed by atoms with van der Waals surface area (Å²) in [5.41, 5.74) is 1.51. The minimum Gasteiger partial charge on any atom is -0.481 e. The lowest BCUT2D eigenvalue weighted by molar-refractivity contribution is -0.142. The Morgan fingerprint density at radius 3 is 2.45 bits per heavy atom. The molecular weight excluding hydrogens is 322 g/mol. The molecule has 2 N–H and O–H groups in total. The minimum absolute atomic E-state index is 0.151. The van der Waals surface area contributed by atoms with Gasteiger partial charge in [-0.15, -0.1) is 0 Å². The average molecular weight is 342 g/mol. The molecule has 5 heteroatoms. The Balaban J connectivity index is 2.67. The Bertz CT molecular complexity index is 480. The molecule has 1 atom stereocenters. The zero-order chi connectivity index (χ0) is 15.3. The molecule has 0 bridgehead atoms. The lowest BCUT2D eigenvalue weighted by atomic mass is 9.97. The molecule has 0 fully saturated rings. The third-order valence-corrected chi connectivity index (χ3v) is 3.38. The van der Waals surface area contributed by atoms with Gasteiger partial charge in [0.05, 0.1) is 5.92 Å². The molecule has 20 heavy (non-hydrogen) atoms. The first-order chi connectivity index (χ1) is 9.29. The highest BCUT2D eigenvalue weighted by atomic mass is 79.9. The summed E-state index contributed by atoms with van der Waals surface area (Å²) in [6, 6.07) is 5.41. The van der Waals surface area contributed by atoms with E-state index in [-0.39, 0.29) is 18.4 Å². The summed E-state index contributed by atoms with van der Waals surface area (Å²) in [4.78, 5) is 23.2. The Morgan fingerprint density at radius 1 is 1.30 bits per heavy atom. The van der Waals surface area contributed by atoms with Crippen molar-refractivity contribution in [3.05, 3.63) is 33.8 Å². The first-order valence-corrected chi connectivity index (χ1v) is 7.37. The van der Waals surface area contributed by atoms with E-state index < -0.39 is 11.9 Å². The fraction of sp³-hybridized carbons (Fsp3) is 0.467. The van der Waals surface area contributed by atoms with E-state index in [0.29, 0.717) is 12.0 Å². The maximum atomic E-state index is 12.0. The molecule has 0 aliphatic heterocycles. The van der Waals surface area contributed by atoms with Crippen LogP contribution in [0.2, 0.25) is 0 Å². The Labute approximate surface area is 127 Å². The molecule has 1 aromatic rings. The molecule has 0 aliphatic rings. The number of hydrogen-bond donors (Lipinski definition) is 2. The van der Waals surface area contributed by atoms with E-state index in [0.717, 1.165) is 10.0 Å². The van der Waals surface area contributed by atoms with Gasteiger partial charge in [-0.25, -0.2) is 0 Å². The van der Waals surface area contributed by atoms with Crippen molar-refractivity contribution >= 4 is 27.8 Å². The van der Waals surface area contributed by atoms with Crippen LogP contribution in [0.1, 0.15) is 36.2 Å². The molecule has 0 saturated heterocycles. The highest BCUT2D eigenvalue weighted by molar-refractivity contribution is 9.10. The van der Waals surface area contributed by atoms with Gasteiger partial charge in [-0.3, -0.25) is 9.59 Å². The van der Waals surface area contributed by atoms with Crippen LogP contribution in [0.5, 0.6) is 0 Å². The van der Waals surface area contributed by atoms with E-state index in [9.17, 15) is 9.59 Å². The molecule has 1 amide bonds. The third kappa shape index (κ3) is 5.33. The van der Waals surface area contributed by atoms with Crippen LogP contribution in [0.3, 0.4) is 0 Å². The van der Waals surface area contributed by atoms with Crippen molar-refractivity contribution in [1.29, 1.82) is 0 Å². The van der Waals surface area contributed by atoms with Gasteiger partial charge in [0.15, 0.2) is 0 Å². The number of rotatable bonds is 6. The fourth-order valence-corrected chi connectivity index (χ4v) is 2.63. The SMILES string of the molecule is Cc1cc(Br)cc(C(=O)NCC(CC(C)C)C(=O)O)c1. The number of aryl methyl sites for hydroxylation is 1. The standard InChI is InChI=1S/C15H20BrNO3/c1-9(2)4-12(15(19)20)8-17-14(18)11-5-10(3)6-13(16)7-11/h5-7,9,12H,4,8H2,1-3H3,(H,17,18)(H,19,20). The molecular formula is C15H20BrNO3. The van der Waals surface area contributed by atoms with Gasteiger partial charge in [0.25, 0.3) is 5.91 Å². The van der Waals surface area contributed by atoms with Crippen LogP contribution in [0.4, 0.5) is 0 Å². The molecule has 0 saturated carbocycles. The van der Waals surface area contributed by atoms with Crippen molar-refractivity contribution in [2.45, 2.75) is 27.2 Å². The predicted molar refractivity (Wildman–Crippen MR) is 81.8 cm³/mol. The fourth-order valence-electron chi connectivity index (χ4n) is 2.03. The van der Waals surface area contributed by atoms with Crippen LogP contribution in [0.15, 0.2) is 22.7 Å². The van der Waals surface area contributed by atoms with Crippen LogP contribution >= 0.6 is 15.9 Å². The van der Waals surface area contributed by atoms with Gasteiger partial charge in [-0.1, -0.05) is 29.8 Å². The zero-order valence-electron chi connectivity index (χ0n) is 11.9. The highest BCUT2D eigenvalue weighted by Crippen LogP contribution is 2.16. The van der Waals surface area contributed by atoms with Gasteiger partial charge in [0.2, 0.25) is 0 Å². The number of amides is 1. The summed E-state index contributed by atoms with van der Waals surface area (Å²) in [7, 11) is 0. The van der Waals surface area contributed by atoms with E-state index >= 15 is 0 Å². The minimum atomic E-state index is -0.871. The number of aliphatic carboxylic acids is 1. The van der Waals surface area contributed by atoms with Crippen LogP contribution < -0.4 is 5.32 Å². The number of hydrogen-bond acceptors (Lipinski definition) is 2. The van der Waals surface area contributed by atoms with Crippen LogP contribution in [0.25, 0.3) is 0 Å². The Kier molecular flexibility index (Phi) is 6.20. The summed E-state index contributed by atoms with van der Waals surface area (Å²) < 4.78 is 0.833. The molecule has 4 nitrogen and oxygen atoms in total. The predicted octanol–water partition coefficient (Wildman–Crippen LogP) is 3.23. The monoisotopic (exact) mass is 341 g/mol. The summed E-state index contributed by atoms with van der Waals surface area (Å²) in [5, 5.41) is 11.8. The summed E-state index contributed by atoms with van der Waals surface area (Å²) in [5.74, 6) is -1.39. The summed E-state index contributed by atoms with van der Waals surface area (Å²) in [6.45, 7) is 5.99. The van der Waals surface area contributed by atoms with Gasteiger partial charge < -0.3 is 10.4 Å². The average Bonchev–Trinajstić information content (AvgIpc) is 2.32. The Morgan fingerprint density at radius 2 is 1.95 bits per heavy atom. The molecule has 1 aromatic carbocycles. The number of halogens is 1. The molecule has 110 valence electrons. The molecule has 1 unspecified atom stereocenters. The second-order valence-corrected chi connectivity index (χ2v) is 6.31. The van der Waals surface area contributed by atoms with Gasteiger partial charge in [-0.05, 0) is 43.0 Å². The smallest absolute Gasteiger partial charge is 0.308 e. The number of carbonyl (C=O) groups is 2. The van der Waals surface area contributed by atoms with Crippen LogP contribution in [0, 0.1) is 18.8 Å². The number of benzene rings is 1. The molecule has 0 radical (unpaired) electrons. The third-order valence-electron chi connectivity index (χ3n) is 2.92. The van der Waals surface area contributed by atoms with Crippen LogP contribution in [-0.2, 0) is 4.79 Å². The van der Waals surface area contributed by atoms with E-state index in [1.165, 1.54) is 0 Å². The molecule has 1 rings (SSSR count). The van der Waals surface area contributed by atoms with Gasteiger partial charge in [0, 0.05) is 16.6 Å². The zero-order valence-corrected chi connectivity index (χ0v) is 13.5. The largest absolute Gasteiger partial charge is 0.481 e. The summed E-state index contributed by atoms with van der Waals surface area (Å²) >= 11 is 3.34. The van der Waals surface area contributed by atoms with Crippen molar-refractivity contribution in [2.75, 3.05) is 6.54 Å². The topological polar surface area (TPSA) is 66.4 Å². The van der Waals surface area contributed by atoms with E-state index in [1.54, 1.807) is 12.1 Å². The first kappa shape index (κ1) is 16.7. The Hall–Kier alpha value is -1.36. The van der Waals surface area contributed by atoms with E-state index in [1.807, 2.05) is 26.8 Å². The number of carbonyl (C=O) groups excluding carboxylic acids is 1. The number of nitrogens with one attached hydrogen (secondary N) is 1. The quantitative estimate of drug-likeness (QED) is 0.834. The van der Waals surface area contributed by atoms with Crippen molar-refractivity contribution in [3.8, 4) is 0 Å². The van der Waals surface area contributed by atoms with E-state index in [4.69, 9.17) is 5.11 Å². The molecule has 0 heterocycles. The van der Waals surface area contributed by atoms with Crippen LogP contribution in [-0.4, -0.2) is 23.5 Å². The maximum Gasteiger partial charge on any atom is 0.308 e. The lowest BCUT2D eigenvalue weighted by Crippen LogP contribution is -2.33. The summed E-state index contributed by atoms with van der Waals surface area (Å²) in [6.07, 6.45) is 0.549. The maximum absolute atomic E-state index is 12.0. The molecule has 0 spiro atoms. The highest BCUT2D eigenvalue weighted by Gasteiger charge is 2.20. The van der Waals surface area contributed by atoms with Gasteiger partial charge in [-0.2, -0.15) is 0 Å². The molecule has 0 aliphatic carbocycles. The van der Waals surface area contributed by atoms with Gasteiger partial charge in [0.1, 0.15) is 0 Å². The van der Waals surface area contributed by atoms with Crippen molar-refractivity contribution in [3.63, 3.8) is 0 Å². The van der Waals surface area contributed by atoms with Crippen molar-refractivity contribution in [1.82, 2.24) is 5.32 Å². The molecule has 0 aromatic heterocycles. The second-order valence-electron chi connectivity index (χ2n) is 5.39. The van der Waals surface area contributed by atoms with Crippen molar-refractivity contribution in [2.24, 2.45) is 11.8 Å². The van der Waals surface area contributed by atoms with Crippen molar-refractivity contribution < 1.29 is 14.7 Å². The normalized spacial score (nSPS) is 12.2. The second kappa shape index (κ2) is 7.43. The van der Waals surface area contributed by atoms with Gasteiger partial charge >= 0.3 is 5.97 Å². The number of carboxylic acids is 1. The number of carboxylic acid groups (broad SMARTS) is 1. The lowest BCUT2D eigenvalue weighted by Gasteiger charge is -2.15. The first-order valence-electron chi connectivity index (χ1n) is 6.57.